The second kappa shape index (κ2) is 6.28. The van der Waals surface area contributed by atoms with Crippen molar-refractivity contribution in [2.24, 2.45) is 4.99 Å². The summed E-state index contributed by atoms with van der Waals surface area (Å²) in [5.41, 5.74) is 3.87. The van der Waals surface area contributed by atoms with E-state index in [1.54, 1.807) is 0 Å². The molecule has 1 aromatic carbocycles. The van der Waals surface area contributed by atoms with E-state index >= 15 is 0 Å². The van der Waals surface area contributed by atoms with Crippen molar-refractivity contribution in [3.8, 4) is 0 Å². The van der Waals surface area contributed by atoms with Gasteiger partial charge in [0.15, 0.2) is 0 Å². The molecular weight excluding hydrogens is 335 g/mol. The fraction of sp³-hybridized carbons (Fsp3) is 0.455. The maximum absolute atomic E-state index is 6.24. The summed E-state index contributed by atoms with van der Waals surface area (Å²) in [6.45, 7) is 8.31. The SMILES string of the molecule is C/N=C\C1(c2cc(B3OC(C)(C)C(C)(C)O3)ccn2)Cc2ccccc2C1. The summed E-state index contributed by atoms with van der Waals surface area (Å²) in [7, 11) is 1.46. The van der Waals surface area contributed by atoms with Gasteiger partial charge in [-0.1, -0.05) is 24.3 Å². The van der Waals surface area contributed by atoms with Crippen LogP contribution in [0.25, 0.3) is 0 Å². The van der Waals surface area contributed by atoms with Gasteiger partial charge in [0, 0.05) is 19.5 Å². The maximum Gasteiger partial charge on any atom is 0.494 e. The number of fused-ring (bicyclic) bond motifs is 1. The quantitative estimate of drug-likeness (QED) is 0.623. The third kappa shape index (κ3) is 3.03. The Morgan fingerprint density at radius 2 is 1.59 bits per heavy atom. The summed E-state index contributed by atoms with van der Waals surface area (Å²) < 4.78 is 12.5. The first-order chi connectivity index (χ1) is 12.8. The standard InChI is InChI=1S/C22H27BN2O2/c1-20(2)21(3,4)27-23(26-20)18-10-11-25-19(12-18)22(15-24-5)13-16-8-6-7-9-17(16)14-22/h6-12,15H,13-14H2,1-5H3/b24-15-. The van der Waals surface area contributed by atoms with Crippen molar-refractivity contribution in [1.29, 1.82) is 0 Å². The predicted octanol–water partition coefficient (Wildman–Crippen LogP) is 3.12. The van der Waals surface area contributed by atoms with Crippen LogP contribution in [0.5, 0.6) is 0 Å². The highest BCUT2D eigenvalue weighted by Gasteiger charge is 2.52. The van der Waals surface area contributed by atoms with Crippen LogP contribution in [0, 0.1) is 0 Å². The van der Waals surface area contributed by atoms with Crippen molar-refractivity contribution < 1.29 is 9.31 Å². The van der Waals surface area contributed by atoms with Gasteiger partial charge in [0.25, 0.3) is 0 Å². The molecular formula is C22H27BN2O2. The summed E-state index contributed by atoms with van der Waals surface area (Å²) in [6.07, 6.45) is 5.76. The van der Waals surface area contributed by atoms with E-state index in [0.29, 0.717) is 0 Å². The summed E-state index contributed by atoms with van der Waals surface area (Å²) in [5.74, 6) is 0. The molecule has 1 saturated heterocycles. The van der Waals surface area contributed by atoms with Gasteiger partial charge in [-0.15, -0.1) is 0 Å². The Hall–Kier alpha value is -1.98. The number of pyridine rings is 1. The summed E-state index contributed by atoms with van der Waals surface area (Å²) in [6, 6.07) is 12.7. The topological polar surface area (TPSA) is 43.7 Å². The van der Waals surface area contributed by atoms with Gasteiger partial charge in [-0.3, -0.25) is 9.98 Å². The van der Waals surface area contributed by atoms with Crippen LogP contribution in [0.4, 0.5) is 0 Å². The molecule has 2 heterocycles. The largest absolute Gasteiger partial charge is 0.494 e. The Balaban J connectivity index is 1.70. The summed E-state index contributed by atoms with van der Waals surface area (Å²) in [5, 5.41) is 0. The van der Waals surface area contributed by atoms with Crippen LogP contribution in [-0.2, 0) is 27.6 Å². The molecule has 5 heteroatoms. The smallest absolute Gasteiger partial charge is 0.399 e. The highest BCUT2D eigenvalue weighted by molar-refractivity contribution is 6.62. The fourth-order valence-electron chi connectivity index (χ4n) is 4.08. The molecule has 1 aliphatic heterocycles. The molecule has 4 nitrogen and oxygen atoms in total. The molecule has 140 valence electrons. The van der Waals surface area contributed by atoms with Crippen LogP contribution in [0.3, 0.4) is 0 Å². The van der Waals surface area contributed by atoms with Gasteiger partial charge in [0.05, 0.1) is 22.3 Å². The maximum atomic E-state index is 6.24. The lowest BCUT2D eigenvalue weighted by molar-refractivity contribution is 0.00578. The molecule has 0 unspecified atom stereocenters. The predicted molar refractivity (Wildman–Crippen MR) is 110 cm³/mol. The third-order valence-electron chi connectivity index (χ3n) is 6.33. The molecule has 2 aliphatic rings. The van der Waals surface area contributed by atoms with E-state index < -0.39 is 0 Å². The summed E-state index contributed by atoms with van der Waals surface area (Å²) >= 11 is 0. The van der Waals surface area contributed by atoms with Crippen molar-refractivity contribution >= 4 is 18.8 Å². The van der Waals surface area contributed by atoms with E-state index in [2.05, 4.69) is 69.2 Å². The van der Waals surface area contributed by atoms with Crippen LogP contribution >= 0.6 is 0 Å². The molecule has 0 amide bonds. The Morgan fingerprint density at radius 1 is 1.00 bits per heavy atom. The number of rotatable bonds is 3. The zero-order chi connectivity index (χ0) is 19.3. The van der Waals surface area contributed by atoms with Gasteiger partial charge >= 0.3 is 7.12 Å². The number of nitrogens with zero attached hydrogens (tertiary/aromatic N) is 2. The van der Waals surface area contributed by atoms with Crippen LogP contribution in [0.1, 0.15) is 44.5 Å². The Kier molecular flexibility index (Phi) is 4.28. The van der Waals surface area contributed by atoms with Gasteiger partial charge in [0.1, 0.15) is 0 Å². The molecule has 0 radical (unpaired) electrons. The summed E-state index contributed by atoms with van der Waals surface area (Å²) in [4.78, 5) is 9.13. The van der Waals surface area contributed by atoms with Gasteiger partial charge in [-0.05, 0) is 69.3 Å². The zero-order valence-electron chi connectivity index (χ0n) is 16.8. The van der Waals surface area contributed by atoms with Crippen LogP contribution in [0.15, 0.2) is 47.6 Å². The lowest BCUT2D eigenvalue weighted by atomic mass is 9.75. The second-order valence-corrected chi connectivity index (χ2v) is 8.73. The molecule has 0 saturated carbocycles. The van der Waals surface area contributed by atoms with Gasteiger partial charge in [0.2, 0.25) is 0 Å². The van der Waals surface area contributed by atoms with E-state index in [4.69, 9.17) is 14.3 Å². The molecule has 0 N–H and O–H groups in total. The van der Waals surface area contributed by atoms with E-state index in [-0.39, 0.29) is 23.7 Å². The number of hydrogen-bond acceptors (Lipinski definition) is 4. The number of hydrogen-bond donors (Lipinski definition) is 0. The van der Waals surface area contributed by atoms with Crippen molar-refractivity contribution in [2.45, 2.75) is 57.2 Å². The molecule has 2 aromatic rings. The fourth-order valence-corrected chi connectivity index (χ4v) is 4.08. The first-order valence-electron chi connectivity index (χ1n) is 9.59. The van der Waals surface area contributed by atoms with Gasteiger partial charge in [-0.2, -0.15) is 0 Å². The Morgan fingerprint density at radius 3 is 2.15 bits per heavy atom. The van der Waals surface area contributed by atoms with Gasteiger partial charge < -0.3 is 9.31 Å². The third-order valence-corrected chi connectivity index (χ3v) is 6.33. The molecule has 27 heavy (non-hydrogen) atoms. The average molecular weight is 362 g/mol. The van der Waals surface area contributed by atoms with Crippen molar-refractivity contribution in [3.63, 3.8) is 0 Å². The van der Waals surface area contributed by atoms with Crippen molar-refractivity contribution in [1.82, 2.24) is 4.98 Å². The minimum absolute atomic E-state index is 0.210. The highest BCUT2D eigenvalue weighted by atomic mass is 16.7. The van der Waals surface area contributed by atoms with Crippen LogP contribution in [-0.4, -0.2) is 36.6 Å². The van der Waals surface area contributed by atoms with Gasteiger partial charge in [-0.25, -0.2) is 0 Å². The van der Waals surface area contributed by atoms with Crippen LogP contribution in [0.2, 0.25) is 0 Å². The van der Waals surface area contributed by atoms with E-state index in [9.17, 15) is 0 Å². The molecule has 0 spiro atoms. The molecule has 1 aromatic heterocycles. The first-order valence-corrected chi connectivity index (χ1v) is 9.59. The van der Waals surface area contributed by atoms with Crippen molar-refractivity contribution in [3.05, 3.63) is 59.4 Å². The highest BCUT2D eigenvalue weighted by Crippen LogP contribution is 2.39. The van der Waals surface area contributed by atoms with E-state index in [0.717, 1.165) is 24.0 Å². The zero-order valence-corrected chi connectivity index (χ0v) is 16.8. The monoisotopic (exact) mass is 362 g/mol. The molecule has 4 rings (SSSR count). The van der Waals surface area contributed by atoms with Crippen LogP contribution < -0.4 is 5.46 Å². The normalized spacial score (nSPS) is 22.3. The van der Waals surface area contributed by atoms with Crippen molar-refractivity contribution in [2.75, 3.05) is 7.05 Å². The lowest BCUT2D eigenvalue weighted by Crippen LogP contribution is -2.41. The minimum Gasteiger partial charge on any atom is -0.399 e. The second-order valence-electron chi connectivity index (χ2n) is 8.73. The molecule has 0 atom stereocenters. The number of aromatic nitrogens is 1. The molecule has 1 aliphatic carbocycles. The first kappa shape index (κ1) is 18.4. The lowest BCUT2D eigenvalue weighted by Gasteiger charge is -2.32. The number of aliphatic imine (C=N–C) groups is 1. The minimum atomic E-state index is -0.379. The van der Waals surface area contributed by atoms with E-state index in [1.165, 1.54) is 11.1 Å². The molecule has 1 fully saturated rings. The average Bonchev–Trinajstić information content (AvgIpc) is 3.10. The molecule has 0 bridgehead atoms. The van der Waals surface area contributed by atoms with E-state index in [1.807, 2.05) is 19.3 Å². The Labute approximate surface area is 162 Å². The number of benzene rings is 1. The Bertz CT molecular complexity index is 850.